The van der Waals surface area contributed by atoms with E-state index in [2.05, 4.69) is 26.3 Å². The summed E-state index contributed by atoms with van der Waals surface area (Å²) in [5.74, 6) is 1.51. The molecule has 0 radical (unpaired) electrons. The number of hydrogen-bond acceptors (Lipinski definition) is 7. The van der Waals surface area contributed by atoms with E-state index in [0.717, 1.165) is 28.0 Å². The maximum Gasteiger partial charge on any atom is 0.200 e. The highest BCUT2D eigenvalue weighted by atomic mass is 32.1. The molecule has 1 aliphatic heterocycles. The van der Waals surface area contributed by atoms with E-state index in [4.69, 9.17) is 4.74 Å². The molecule has 1 aromatic carbocycles. The summed E-state index contributed by atoms with van der Waals surface area (Å²) in [6.45, 7) is 1.65. The number of benzene rings is 1. The van der Waals surface area contributed by atoms with Crippen molar-refractivity contribution in [2.24, 2.45) is 4.99 Å². The molecule has 7 nitrogen and oxygen atoms in total. The number of nitrogens with one attached hydrogen (secondary N) is 2. The van der Waals surface area contributed by atoms with Crippen LogP contribution in [0.25, 0.3) is 0 Å². The molecule has 3 aromatic rings. The zero-order valence-electron chi connectivity index (χ0n) is 15.0. The molecule has 0 bridgehead atoms. The van der Waals surface area contributed by atoms with Crippen LogP contribution in [0.1, 0.15) is 4.88 Å². The number of anilines is 2. The van der Waals surface area contributed by atoms with Gasteiger partial charge in [0, 0.05) is 24.3 Å². The lowest BCUT2D eigenvalue weighted by Crippen LogP contribution is -2.24. The van der Waals surface area contributed by atoms with Crippen molar-refractivity contribution in [2.75, 3.05) is 30.0 Å². The fourth-order valence-electron chi connectivity index (χ4n) is 2.79. The summed E-state index contributed by atoms with van der Waals surface area (Å²) in [5.41, 5.74) is 2.29. The van der Waals surface area contributed by atoms with Crippen LogP contribution in [0.3, 0.4) is 0 Å². The van der Waals surface area contributed by atoms with Crippen LogP contribution in [0.5, 0.6) is 5.75 Å². The Hall–Kier alpha value is -3.57. The van der Waals surface area contributed by atoms with Crippen molar-refractivity contribution in [1.82, 2.24) is 9.97 Å². The van der Waals surface area contributed by atoms with E-state index in [0.29, 0.717) is 25.4 Å². The van der Waals surface area contributed by atoms with E-state index in [-0.39, 0.29) is 0 Å². The van der Waals surface area contributed by atoms with Crippen molar-refractivity contribution < 1.29 is 4.74 Å². The number of H-pyrrole nitrogens is 1. The smallest absolute Gasteiger partial charge is 0.200 e. The highest BCUT2D eigenvalue weighted by Crippen LogP contribution is 2.25. The number of hydrogen-bond donors (Lipinski definition) is 2. The molecule has 28 heavy (non-hydrogen) atoms. The van der Waals surface area contributed by atoms with Crippen molar-refractivity contribution in [3.8, 4) is 11.8 Å². The average molecular weight is 390 g/mol. The highest BCUT2D eigenvalue weighted by molar-refractivity contribution is 7.12. The lowest BCUT2D eigenvalue weighted by Gasteiger charge is -2.23. The molecule has 1 aliphatic rings. The number of rotatable bonds is 7. The Morgan fingerprint density at radius 1 is 1.29 bits per heavy atom. The molecule has 0 spiro atoms. The Morgan fingerprint density at radius 3 is 2.89 bits per heavy atom. The molecule has 0 fully saturated rings. The predicted molar refractivity (Wildman–Crippen MR) is 111 cm³/mol. The lowest BCUT2D eigenvalue weighted by atomic mass is 10.1. The van der Waals surface area contributed by atoms with Gasteiger partial charge in [-0.25, -0.2) is 4.98 Å². The minimum atomic E-state index is 0.478. The summed E-state index contributed by atoms with van der Waals surface area (Å²) in [6, 6.07) is 14.0. The second-order valence-electron chi connectivity index (χ2n) is 5.96. The van der Waals surface area contributed by atoms with E-state index in [1.165, 1.54) is 0 Å². The molecule has 2 aromatic heterocycles. The molecule has 4 rings (SSSR count). The first-order chi connectivity index (χ1) is 13.8. The monoisotopic (exact) mass is 390 g/mol. The number of thiophene rings is 1. The third kappa shape index (κ3) is 4.05. The Bertz CT molecular complexity index is 1000. The van der Waals surface area contributed by atoms with Gasteiger partial charge in [-0.2, -0.15) is 5.26 Å². The number of aromatic amines is 1. The van der Waals surface area contributed by atoms with Crippen LogP contribution in [0.4, 0.5) is 11.6 Å². The number of ether oxygens (including phenoxy) is 1. The van der Waals surface area contributed by atoms with E-state index < -0.39 is 0 Å². The molecule has 0 saturated carbocycles. The van der Waals surface area contributed by atoms with E-state index in [1.54, 1.807) is 23.7 Å². The van der Waals surface area contributed by atoms with Gasteiger partial charge in [0.2, 0.25) is 0 Å². The van der Waals surface area contributed by atoms with Gasteiger partial charge in [-0.3, -0.25) is 4.99 Å². The summed E-state index contributed by atoms with van der Waals surface area (Å²) in [5, 5.41) is 14.6. The van der Waals surface area contributed by atoms with Crippen LogP contribution < -0.4 is 15.0 Å². The van der Waals surface area contributed by atoms with Gasteiger partial charge in [0.15, 0.2) is 5.95 Å². The van der Waals surface area contributed by atoms with Crippen molar-refractivity contribution in [1.29, 1.82) is 5.26 Å². The number of aromatic nitrogens is 2. The minimum absolute atomic E-state index is 0.478. The first-order valence-electron chi connectivity index (χ1n) is 8.77. The average Bonchev–Trinajstić information content (AvgIpc) is 3.45. The first-order valence-corrected chi connectivity index (χ1v) is 9.65. The number of nitriles is 1. The summed E-state index contributed by atoms with van der Waals surface area (Å²) in [4.78, 5) is 14.6. The maximum absolute atomic E-state index is 9.50. The topological polar surface area (TPSA) is 89.3 Å². The maximum atomic E-state index is 9.50. The lowest BCUT2D eigenvalue weighted by molar-refractivity contribution is 0.332. The van der Waals surface area contributed by atoms with Gasteiger partial charge in [0.1, 0.15) is 25.1 Å². The van der Waals surface area contributed by atoms with Crippen molar-refractivity contribution >= 4 is 28.7 Å². The Balaban J connectivity index is 1.35. The van der Waals surface area contributed by atoms with Gasteiger partial charge in [-0.05, 0) is 35.7 Å². The van der Waals surface area contributed by atoms with Gasteiger partial charge in [-0.15, -0.1) is 11.3 Å². The van der Waals surface area contributed by atoms with E-state index in [1.807, 2.05) is 52.9 Å². The molecule has 8 heteroatoms. The summed E-state index contributed by atoms with van der Waals surface area (Å²) >= 11 is 1.59. The van der Waals surface area contributed by atoms with Gasteiger partial charge in [-0.1, -0.05) is 6.07 Å². The van der Waals surface area contributed by atoms with Crippen LogP contribution in [-0.4, -0.2) is 35.5 Å². The van der Waals surface area contributed by atoms with Crippen LogP contribution in [0.15, 0.2) is 70.9 Å². The van der Waals surface area contributed by atoms with Crippen LogP contribution in [0, 0.1) is 11.3 Å². The van der Waals surface area contributed by atoms with Gasteiger partial charge >= 0.3 is 0 Å². The number of allylic oxidation sites excluding steroid dienone is 1. The predicted octanol–water partition coefficient (Wildman–Crippen LogP) is 3.64. The highest BCUT2D eigenvalue weighted by Gasteiger charge is 2.18. The SMILES string of the molecule is N#CC1=CN(c2ccc(OCCNc3ncc[nH]3)cc2)CN=C1c1cccs1. The number of nitrogens with zero attached hydrogens (tertiary/aromatic N) is 4. The second kappa shape index (κ2) is 8.41. The van der Waals surface area contributed by atoms with Crippen molar-refractivity contribution in [3.63, 3.8) is 0 Å². The molecule has 0 saturated heterocycles. The standard InChI is InChI=1S/C20H18N6OS/c21-12-15-13-26(14-25-19(15)18-2-1-11-28-18)16-3-5-17(6-4-16)27-10-9-24-20-22-7-8-23-20/h1-8,11,13H,9-10,14H2,(H2,22,23,24). The third-order valence-corrected chi connectivity index (χ3v) is 5.00. The van der Waals surface area contributed by atoms with Gasteiger partial charge < -0.3 is 19.9 Å². The molecular weight excluding hydrogens is 372 g/mol. The van der Waals surface area contributed by atoms with Crippen molar-refractivity contribution in [2.45, 2.75) is 0 Å². The van der Waals surface area contributed by atoms with Crippen LogP contribution in [-0.2, 0) is 0 Å². The molecule has 0 aliphatic carbocycles. The molecule has 140 valence electrons. The molecule has 0 unspecified atom stereocenters. The van der Waals surface area contributed by atoms with Crippen LogP contribution in [0.2, 0.25) is 0 Å². The number of imidazole rings is 1. The molecule has 0 atom stereocenters. The largest absolute Gasteiger partial charge is 0.492 e. The van der Waals surface area contributed by atoms with Crippen LogP contribution >= 0.6 is 11.3 Å². The fraction of sp³-hybridized carbons (Fsp3) is 0.150. The fourth-order valence-corrected chi connectivity index (χ4v) is 3.53. The van der Waals surface area contributed by atoms with Gasteiger partial charge in [0.25, 0.3) is 0 Å². The number of aliphatic imine (C=N–C) groups is 1. The minimum Gasteiger partial charge on any atom is -0.492 e. The Morgan fingerprint density at radius 2 is 2.18 bits per heavy atom. The first kappa shape index (κ1) is 17.8. The van der Waals surface area contributed by atoms with Gasteiger partial charge in [0.05, 0.1) is 22.7 Å². The molecule has 0 amide bonds. The summed E-state index contributed by atoms with van der Waals surface area (Å²) < 4.78 is 5.74. The summed E-state index contributed by atoms with van der Waals surface area (Å²) in [6.07, 6.45) is 5.31. The Labute approximate surface area is 166 Å². The quantitative estimate of drug-likeness (QED) is 0.601. The van der Waals surface area contributed by atoms with E-state index >= 15 is 0 Å². The van der Waals surface area contributed by atoms with Crippen molar-refractivity contribution in [3.05, 3.63) is 70.8 Å². The molecule has 2 N–H and O–H groups in total. The summed E-state index contributed by atoms with van der Waals surface area (Å²) in [7, 11) is 0. The molecular formula is C20H18N6OS. The second-order valence-corrected chi connectivity index (χ2v) is 6.90. The Kier molecular flexibility index (Phi) is 5.36. The normalized spacial score (nSPS) is 13.5. The third-order valence-electron chi connectivity index (χ3n) is 4.13. The zero-order chi connectivity index (χ0) is 19.2. The molecule has 3 heterocycles. The zero-order valence-corrected chi connectivity index (χ0v) is 15.8. The van der Waals surface area contributed by atoms with E-state index in [9.17, 15) is 5.26 Å².